The van der Waals surface area contributed by atoms with Gasteiger partial charge in [0.2, 0.25) is 0 Å². The van der Waals surface area contributed by atoms with Crippen LogP contribution in [0.4, 0.5) is 0 Å². The summed E-state index contributed by atoms with van der Waals surface area (Å²) in [5, 5.41) is 12.6. The maximum atomic E-state index is 11.1. The molecule has 21 heavy (non-hydrogen) atoms. The minimum Gasteiger partial charge on any atom is -0.468 e. The zero-order valence-electron chi connectivity index (χ0n) is 11.4. The fourth-order valence-corrected chi connectivity index (χ4v) is 2.55. The number of aryl methyl sites for hydroxylation is 2. The second-order valence-electron chi connectivity index (χ2n) is 4.40. The van der Waals surface area contributed by atoms with E-state index >= 15 is 0 Å². The number of ether oxygens (including phenoxy) is 1. The monoisotopic (exact) mass is 372 g/mol. The summed E-state index contributed by atoms with van der Waals surface area (Å²) in [7, 11) is 1.32. The van der Waals surface area contributed by atoms with Gasteiger partial charge in [-0.3, -0.25) is 0 Å². The van der Waals surface area contributed by atoms with Gasteiger partial charge in [0.1, 0.15) is 0 Å². The molecule has 0 aliphatic rings. The zero-order chi connectivity index (χ0) is 15.2. The van der Waals surface area contributed by atoms with Crippen molar-refractivity contribution in [1.29, 1.82) is 0 Å². The molecule has 1 aromatic heterocycles. The molecule has 2 aromatic rings. The quantitative estimate of drug-likeness (QED) is 0.727. The molecule has 0 amide bonds. The number of carbonyl (C=O) groups excluding carboxylic acids is 1. The Balaban J connectivity index is 1.84. The summed E-state index contributed by atoms with van der Waals surface area (Å²) in [6, 6.07) is 5.84. The van der Waals surface area contributed by atoms with Crippen LogP contribution in [0.25, 0.3) is 0 Å². The van der Waals surface area contributed by atoms with Crippen LogP contribution in [0, 0.1) is 0 Å². The molecule has 0 atom stereocenters. The van der Waals surface area contributed by atoms with Crippen molar-refractivity contribution in [1.82, 2.24) is 20.2 Å². The summed E-state index contributed by atoms with van der Waals surface area (Å²) >= 11 is 9.54. The molecule has 0 unspecified atom stereocenters. The third kappa shape index (κ3) is 4.78. The fraction of sp³-hybridized carbons (Fsp3) is 0.385. The molecule has 1 aromatic carbocycles. The molecule has 8 heteroatoms. The van der Waals surface area contributed by atoms with E-state index in [1.807, 2.05) is 18.2 Å². The Hall–Kier alpha value is -1.47. The van der Waals surface area contributed by atoms with Crippen LogP contribution in [0.5, 0.6) is 0 Å². The number of tetrazole rings is 1. The molecule has 0 fully saturated rings. The number of esters is 1. The van der Waals surface area contributed by atoms with E-state index in [1.165, 1.54) is 11.9 Å². The van der Waals surface area contributed by atoms with Gasteiger partial charge in [-0.1, -0.05) is 33.6 Å². The first-order valence-corrected chi connectivity index (χ1v) is 7.53. The molecular formula is C13H14BrClN4O2. The Morgan fingerprint density at radius 3 is 2.95 bits per heavy atom. The molecule has 0 aliphatic carbocycles. The molecule has 6 nitrogen and oxygen atoms in total. The Morgan fingerprint density at radius 1 is 1.43 bits per heavy atom. The van der Waals surface area contributed by atoms with E-state index in [4.69, 9.17) is 11.6 Å². The van der Waals surface area contributed by atoms with Crippen LogP contribution in [0.2, 0.25) is 5.02 Å². The Bertz CT molecular complexity index is 632. The lowest BCUT2D eigenvalue weighted by atomic mass is 10.1. The molecule has 2 rings (SSSR count). The number of benzene rings is 1. The van der Waals surface area contributed by atoms with Crippen molar-refractivity contribution in [3.05, 3.63) is 39.1 Å². The minimum atomic E-state index is -0.402. The molecule has 0 N–H and O–H groups in total. The molecule has 0 aliphatic heterocycles. The third-order valence-corrected chi connectivity index (χ3v) is 3.70. The maximum absolute atomic E-state index is 11.1. The summed E-state index contributed by atoms with van der Waals surface area (Å²) in [5.41, 5.74) is 1.09. The van der Waals surface area contributed by atoms with Crippen LogP contribution >= 0.6 is 27.5 Å². The third-order valence-electron chi connectivity index (χ3n) is 2.85. The Morgan fingerprint density at radius 2 is 2.24 bits per heavy atom. The highest BCUT2D eigenvalue weighted by Crippen LogP contribution is 2.22. The summed E-state index contributed by atoms with van der Waals surface area (Å²) in [6.45, 7) is -0.0258. The molecule has 0 bridgehead atoms. The van der Waals surface area contributed by atoms with Crippen molar-refractivity contribution in [3.8, 4) is 0 Å². The predicted molar refractivity (Wildman–Crippen MR) is 81.0 cm³/mol. The summed E-state index contributed by atoms with van der Waals surface area (Å²) in [4.78, 5) is 12.3. The first kappa shape index (κ1) is 15.9. The van der Waals surface area contributed by atoms with E-state index in [-0.39, 0.29) is 6.54 Å². The zero-order valence-corrected chi connectivity index (χ0v) is 13.8. The second-order valence-corrected chi connectivity index (χ2v) is 5.72. The van der Waals surface area contributed by atoms with Crippen molar-refractivity contribution >= 4 is 33.5 Å². The minimum absolute atomic E-state index is 0.0258. The van der Waals surface area contributed by atoms with E-state index in [0.717, 1.165) is 27.9 Å². The summed E-state index contributed by atoms with van der Waals surface area (Å²) in [5.74, 6) is 0.202. The van der Waals surface area contributed by atoms with Gasteiger partial charge < -0.3 is 4.74 Å². The number of carbonyl (C=O) groups is 1. The average Bonchev–Trinajstić information content (AvgIpc) is 2.88. The number of halogens is 2. The number of methoxy groups -OCH3 is 1. The second kappa shape index (κ2) is 7.51. The van der Waals surface area contributed by atoms with Crippen molar-refractivity contribution in [2.75, 3.05) is 7.11 Å². The lowest BCUT2D eigenvalue weighted by molar-refractivity contribution is -0.141. The fourth-order valence-electron chi connectivity index (χ4n) is 1.78. The van der Waals surface area contributed by atoms with E-state index in [1.54, 1.807) is 0 Å². The van der Waals surface area contributed by atoms with Gasteiger partial charge in [-0.05, 0) is 35.8 Å². The van der Waals surface area contributed by atoms with Crippen molar-refractivity contribution in [2.45, 2.75) is 25.8 Å². The molecule has 0 saturated carbocycles. The summed E-state index contributed by atoms with van der Waals surface area (Å²) in [6.07, 6.45) is 2.36. The predicted octanol–water partition coefficient (Wildman–Crippen LogP) is 2.44. The number of hydrogen-bond acceptors (Lipinski definition) is 5. The SMILES string of the molecule is COC(=O)Cn1nnc(CCCc2ccc(Br)cc2Cl)n1. The lowest BCUT2D eigenvalue weighted by Gasteiger charge is -2.03. The van der Waals surface area contributed by atoms with Crippen LogP contribution in [0.1, 0.15) is 17.8 Å². The normalized spacial score (nSPS) is 10.6. The Kier molecular flexibility index (Phi) is 5.69. The van der Waals surface area contributed by atoms with Gasteiger partial charge in [-0.2, -0.15) is 4.80 Å². The topological polar surface area (TPSA) is 69.9 Å². The molecule has 1 heterocycles. The number of nitrogens with zero attached hydrogens (tertiary/aromatic N) is 4. The van der Waals surface area contributed by atoms with Crippen LogP contribution in [-0.2, 0) is 28.9 Å². The van der Waals surface area contributed by atoms with E-state index in [0.29, 0.717) is 12.2 Å². The van der Waals surface area contributed by atoms with Crippen molar-refractivity contribution in [2.24, 2.45) is 0 Å². The van der Waals surface area contributed by atoms with Gasteiger partial charge in [0.05, 0.1) is 7.11 Å². The van der Waals surface area contributed by atoms with E-state index in [2.05, 4.69) is 36.1 Å². The van der Waals surface area contributed by atoms with Gasteiger partial charge >= 0.3 is 5.97 Å². The van der Waals surface area contributed by atoms with Crippen LogP contribution < -0.4 is 0 Å². The number of rotatable bonds is 6. The number of hydrogen-bond donors (Lipinski definition) is 0. The Labute approximate surface area is 135 Å². The van der Waals surface area contributed by atoms with Crippen molar-refractivity contribution in [3.63, 3.8) is 0 Å². The van der Waals surface area contributed by atoms with Crippen LogP contribution in [0.15, 0.2) is 22.7 Å². The smallest absolute Gasteiger partial charge is 0.329 e. The first-order chi connectivity index (χ1) is 10.1. The van der Waals surface area contributed by atoms with Gasteiger partial charge in [0.15, 0.2) is 12.4 Å². The largest absolute Gasteiger partial charge is 0.468 e. The van der Waals surface area contributed by atoms with E-state index in [9.17, 15) is 4.79 Å². The van der Waals surface area contributed by atoms with E-state index < -0.39 is 5.97 Å². The highest BCUT2D eigenvalue weighted by atomic mass is 79.9. The standard InChI is InChI=1S/C13H14BrClN4O2/c1-21-13(20)8-19-17-12(16-18-19)4-2-3-9-5-6-10(14)7-11(9)15/h5-7H,2-4,8H2,1H3. The van der Waals surface area contributed by atoms with Gasteiger partial charge in [0, 0.05) is 15.9 Å². The lowest BCUT2D eigenvalue weighted by Crippen LogP contribution is -2.14. The first-order valence-electron chi connectivity index (χ1n) is 6.36. The summed E-state index contributed by atoms with van der Waals surface area (Å²) < 4.78 is 5.50. The highest BCUT2D eigenvalue weighted by Gasteiger charge is 2.08. The van der Waals surface area contributed by atoms with Crippen LogP contribution in [0.3, 0.4) is 0 Å². The highest BCUT2D eigenvalue weighted by molar-refractivity contribution is 9.10. The molecule has 0 saturated heterocycles. The molecular weight excluding hydrogens is 360 g/mol. The van der Waals surface area contributed by atoms with Gasteiger partial charge in [-0.15, -0.1) is 10.2 Å². The average molecular weight is 374 g/mol. The van der Waals surface area contributed by atoms with Gasteiger partial charge in [0.25, 0.3) is 0 Å². The van der Waals surface area contributed by atoms with Gasteiger partial charge in [-0.25, -0.2) is 4.79 Å². The number of aromatic nitrogens is 4. The van der Waals surface area contributed by atoms with Crippen molar-refractivity contribution < 1.29 is 9.53 Å². The molecule has 0 spiro atoms. The van der Waals surface area contributed by atoms with Crippen LogP contribution in [-0.4, -0.2) is 33.3 Å². The molecule has 0 radical (unpaired) electrons. The maximum Gasteiger partial charge on any atom is 0.329 e. The molecule has 112 valence electrons.